The molecule has 0 saturated carbocycles. The zero-order chi connectivity index (χ0) is 26.2. The first-order chi connectivity index (χ1) is 17.1. The summed E-state index contributed by atoms with van der Waals surface area (Å²) >= 11 is 0. The summed E-state index contributed by atoms with van der Waals surface area (Å²) in [7, 11) is 0. The number of aliphatic imine (C=N–C) groups is 1. The number of guanidine groups is 1. The number of carboxylic acid groups (broad SMARTS) is 2. The van der Waals surface area contributed by atoms with Crippen LogP contribution in [0.4, 0.5) is 5.69 Å². The highest BCUT2D eigenvalue weighted by Gasteiger charge is 2.24. The number of fused-ring (bicyclic) bond motifs is 2. The normalized spacial score (nSPS) is 13.7. The van der Waals surface area contributed by atoms with E-state index in [0.717, 1.165) is 0 Å². The van der Waals surface area contributed by atoms with Gasteiger partial charge in [0.2, 0.25) is 0 Å². The summed E-state index contributed by atoms with van der Waals surface area (Å²) in [5.41, 5.74) is 13.2. The number of ether oxygens (including phenoxy) is 2. The van der Waals surface area contributed by atoms with E-state index in [1.165, 1.54) is 0 Å². The molecule has 0 aromatic heterocycles. The van der Waals surface area contributed by atoms with E-state index in [9.17, 15) is 19.2 Å². The van der Waals surface area contributed by atoms with Gasteiger partial charge in [0.05, 0.1) is 30.2 Å². The van der Waals surface area contributed by atoms with E-state index in [1.54, 1.807) is 36.4 Å². The van der Waals surface area contributed by atoms with Crippen LogP contribution in [0.1, 0.15) is 47.2 Å². The molecule has 0 aliphatic carbocycles. The van der Waals surface area contributed by atoms with Gasteiger partial charge in [-0.2, -0.15) is 0 Å². The summed E-state index contributed by atoms with van der Waals surface area (Å²) in [6.07, 6.45) is 0.440. The fourth-order valence-corrected chi connectivity index (χ4v) is 3.83. The van der Waals surface area contributed by atoms with Gasteiger partial charge >= 0.3 is 17.9 Å². The van der Waals surface area contributed by atoms with Gasteiger partial charge in [-0.25, -0.2) is 9.79 Å². The van der Waals surface area contributed by atoms with Crippen molar-refractivity contribution in [2.45, 2.75) is 38.5 Å². The predicted molar refractivity (Wildman–Crippen MR) is 128 cm³/mol. The Morgan fingerprint density at radius 1 is 1.03 bits per heavy atom. The number of nitrogens with zero attached hydrogens (tertiary/aromatic N) is 1. The molecule has 6 N–H and O–H groups in total. The number of ketones is 1. The van der Waals surface area contributed by atoms with E-state index in [4.69, 9.17) is 31.2 Å². The van der Waals surface area contributed by atoms with Crippen LogP contribution in [0.15, 0.2) is 41.4 Å². The third-order valence-corrected chi connectivity index (χ3v) is 5.56. The molecule has 0 fully saturated rings. The van der Waals surface area contributed by atoms with E-state index in [2.05, 4.69) is 4.99 Å². The van der Waals surface area contributed by atoms with Crippen LogP contribution in [0, 0.1) is 5.92 Å². The van der Waals surface area contributed by atoms with E-state index < -0.39 is 30.2 Å². The van der Waals surface area contributed by atoms with Crippen molar-refractivity contribution in [1.29, 1.82) is 0 Å². The van der Waals surface area contributed by atoms with Gasteiger partial charge in [0, 0.05) is 12.8 Å². The maximum atomic E-state index is 12.9. The number of hydrogen-bond acceptors (Lipinski definition) is 7. The monoisotopic (exact) mass is 497 g/mol. The smallest absolute Gasteiger partial charge is 0.343 e. The summed E-state index contributed by atoms with van der Waals surface area (Å²) in [6.45, 7) is 0.370. The second-order valence-electron chi connectivity index (χ2n) is 8.38. The molecule has 0 amide bonds. The van der Waals surface area contributed by atoms with E-state index >= 15 is 0 Å². The van der Waals surface area contributed by atoms with Gasteiger partial charge in [-0.05, 0) is 60.7 Å². The lowest BCUT2D eigenvalue weighted by atomic mass is 9.96. The Labute approximate surface area is 206 Å². The Morgan fingerprint density at radius 2 is 1.81 bits per heavy atom. The van der Waals surface area contributed by atoms with Crippen molar-refractivity contribution in [2.24, 2.45) is 22.4 Å². The highest BCUT2D eigenvalue weighted by atomic mass is 16.6. The molecule has 0 bridgehead atoms. The number of hydrogen-bond donors (Lipinski definition) is 4. The van der Waals surface area contributed by atoms with Gasteiger partial charge in [0.1, 0.15) is 5.78 Å². The third-order valence-electron chi connectivity index (χ3n) is 5.56. The SMILES string of the molecule is NC(N)=Nc1ccc2c(c1)CCCOc1ccc(CCC(=O)CC(CC(=O)O)C(=O)O)cc1OC2=O. The molecule has 1 aliphatic rings. The fourth-order valence-electron chi connectivity index (χ4n) is 3.83. The number of aliphatic carboxylic acids is 2. The second kappa shape index (κ2) is 11.8. The lowest BCUT2D eigenvalue weighted by Crippen LogP contribution is -2.22. The molecule has 36 heavy (non-hydrogen) atoms. The Morgan fingerprint density at radius 3 is 2.50 bits per heavy atom. The van der Waals surface area contributed by atoms with Gasteiger partial charge in [0.25, 0.3) is 0 Å². The number of carbonyl (C=O) groups excluding carboxylic acids is 2. The molecule has 0 spiro atoms. The van der Waals surface area contributed by atoms with Crippen molar-refractivity contribution in [3.8, 4) is 11.5 Å². The average Bonchev–Trinajstić information content (AvgIpc) is 2.80. The molecule has 11 heteroatoms. The molecule has 3 rings (SSSR count). The Hall–Kier alpha value is -4.41. The van der Waals surface area contributed by atoms with E-state index in [0.29, 0.717) is 47.6 Å². The minimum absolute atomic E-state index is 0.00733. The fraction of sp³-hybridized carbons (Fsp3) is 0.320. The largest absolute Gasteiger partial charge is 0.490 e. The minimum atomic E-state index is -1.33. The Kier molecular flexibility index (Phi) is 8.61. The topological polar surface area (TPSA) is 192 Å². The number of rotatable bonds is 9. The predicted octanol–water partition coefficient (Wildman–Crippen LogP) is 2.20. The first-order valence-corrected chi connectivity index (χ1v) is 11.3. The number of benzene rings is 2. The van der Waals surface area contributed by atoms with Crippen molar-refractivity contribution in [2.75, 3.05) is 6.61 Å². The van der Waals surface area contributed by atoms with Gasteiger partial charge < -0.3 is 31.2 Å². The maximum Gasteiger partial charge on any atom is 0.343 e. The molecule has 1 atom stereocenters. The van der Waals surface area contributed by atoms with Crippen molar-refractivity contribution in [1.82, 2.24) is 0 Å². The molecular formula is C25H27N3O8. The average molecular weight is 498 g/mol. The molecule has 2 aromatic carbocycles. The van der Waals surface area contributed by atoms with Gasteiger partial charge in [-0.15, -0.1) is 0 Å². The van der Waals surface area contributed by atoms with Gasteiger partial charge in [-0.3, -0.25) is 14.4 Å². The van der Waals surface area contributed by atoms with Crippen LogP contribution < -0.4 is 20.9 Å². The third kappa shape index (κ3) is 7.29. The first-order valence-electron chi connectivity index (χ1n) is 11.3. The van der Waals surface area contributed by atoms with Crippen LogP contribution in [-0.4, -0.2) is 46.5 Å². The first kappa shape index (κ1) is 26.2. The Balaban J connectivity index is 1.74. The van der Waals surface area contributed by atoms with Crippen molar-refractivity contribution < 1.29 is 38.9 Å². The van der Waals surface area contributed by atoms with Crippen LogP contribution in [0.25, 0.3) is 0 Å². The maximum absolute atomic E-state index is 12.9. The van der Waals surface area contributed by atoms with E-state index in [1.807, 2.05) is 0 Å². The van der Waals surface area contributed by atoms with Crippen molar-refractivity contribution >= 4 is 35.3 Å². The van der Waals surface area contributed by atoms with Crippen LogP contribution in [0.3, 0.4) is 0 Å². The molecule has 190 valence electrons. The zero-order valence-corrected chi connectivity index (χ0v) is 19.4. The van der Waals surface area contributed by atoms with Crippen LogP contribution >= 0.6 is 0 Å². The number of nitrogens with two attached hydrogens (primary N) is 2. The number of esters is 1. The number of carboxylic acids is 2. The Bertz CT molecular complexity index is 1200. The zero-order valence-electron chi connectivity index (χ0n) is 19.4. The summed E-state index contributed by atoms with van der Waals surface area (Å²) in [5, 5.41) is 18.0. The highest BCUT2D eigenvalue weighted by Crippen LogP contribution is 2.32. The molecule has 1 aliphatic heterocycles. The lowest BCUT2D eigenvalue weighted by molar-refractivity contribution is -0.149. The van der Waals surface area contributed by atoms with Crippen molar-refractivity contribution in [3.63, 3.8) is 0 Å². The molecular weight excluding hydrogens is 470 g/mol. The van der Waals surface area contributed by atoms with Gasteiger partial charge in [0.15, 0.2) is 17.5 Å². The molecule has 1 unspecified atom stereocenters. The molecule has 0 radical (unpaired) electrons. The number of Topliss-reactive ketones (excluding diaryl/α,β-unsaturated/α-hetero) is 1. The lowest BCUT2D eigenvalue weighted by Gasteiger charge is -2.17. The molecule has 11 nitrogen and oxygen atoms in total. The minimum Gasteiger partial charge on any atom is -0.490 e. The summed E-state index contributed by atoms with van der Waals surface area (Å²) < 4.78 is 11.4. The molecule has 1 heterocycles. The van der Waals surface area contributed by atoms with Crippen molar-refractivity contribution in [3.05, 3.63) is 53.1 Å². The highest BCUT2D eigenvalue weighted by molar-refractivity contribution is 5.94. The number of carbonyl (C=O) groups is 4. The quantitative estimate of drug-likeness (QED) is 0.173. The summed E-state index contributed by atoms with van der Waals surface area (Å²) in [6, 6.07) is 9.90. The second-order valence-corrected chi connectivity index (χ2v) is 8.38. The van der Waals surface area contributed by atoms with Gasteiger partial charge in [-0.1, -0.05) is 6.07 Å². The van der Waals surface area contributed by atoms with Crippen LogP contribution in [0.5, 0.6) is 11.5 Å². The van der Waals surface area contributed by atoms with Crippen LogP contribution in [-0.2, 0) is 27.2 Å². The summed E-state index contributed by atoms with van der Waals surface area (Å²) in [5.74, 6) is -4.36. The van der Waals surface area contributed by atoms with Crippen LogP contribution in [0.2, 0.25) is 0 Å². The summed E-state index contributed by atoms with van der Waals surface area (Å²) in [4.78, 5) is 51.3. The number of aryl methyl sites for hydroxylation is 2. The molecule has 2 aromatic rings. The molecule has 0 saturated heterocycles. The van der Waals surface area contributed by atoms with E-state index in [-0.39, 0.29) is 36.8 Å². The standard InChI is InChI=1S/C25H27N3O8/c26-25(27)28-17-5-7-19-15(11-17)2-1-9-35-20-8-4-14(10-21(20)36-24(19)34)3-6-18(29)12-16(23(32)33)13-22(30)31/h4-5,7-8,10-11,16H,1-3,6,9,12-13H2,(H,30,31)(H,32,33)(H4,26,27,28).